The number of fused-ring (bicyclic) bond motifs is 2. The zero-order chi connectivity index (χ0) is 43.9. The third kappa shape index (κ3) is 8.82. The van der Waals surface area contributed by atoms with Crippen molar-refractivity contribution in [3.8, 4) is 28.6 Å². The number of nitrogens with zero attached hydrogens (tertiary/aromatic N) is 4. The van der Waals surface area contributed by atoms with Gasteiger partial charge in [0.15, 0.2) is 11.6 Å². The Labute approximate surface area is 387 Å². The Balaban J connectivity index is 1.17. The molecule has 8 rings (SSSR count). The highest BCUT2D eigenvalue weighted by atomic mass is 35.5. The summed E-state index contributed by atoms with van der Waals surface area (Å²) in [5.41, 5.74) is 2.36. The van der Waals surface area contributed by atoms with E-state index in [1.807, 2.05) is 0 Å². The summed E-state index contributed by atoms with van der Waals surface area (Å²) in [7, 11) is -8.62. The Morgan fingerprint density at radius 1 is 0.645 bits per heavy atom. The molecule has 0 saturated carbocycles. The highest BCUT2D eigenvalue weighted by Crippen LogP contribution is 2.44. The topological polar surface area (TPSA) is 148 Å². The molecule has 0 spiro atoms. The molecule has 2 aliphatic rings. The van der Waals surface area contributed by atoms with Gasteiger partial charge in [-0.2, -0.15) is 9.97 Å². The van der Waals surface area contributed by atoms with Gasteiger partial charge in [0.2, 0.25) is 11.8 Å². The molecular formula is C42H32Cl6N4O8S2. The molecule has 1 atom stereocenters. The smallest absolute Gasteiger partial charge is 0.265 e. The number of hydrogen-bond donors (Lipinski definition) is 1. The van der Waals surface area contributed by atoms with Crippen molar-refractivity contribution in [2.75, 3.05) is 28.3 Å². The monoisotopic (exact) mass is 994 g/mol. The van der Waals surface area contributed by atoms with E-state index < -0.39 is 32.8 Å². The minimum Gasteiger partial charge on any atom is -0.482 e. The molecule has 0 aliphatic carbocycles. The second kappa shape index (κ2) is 18.1. The summed E-state index contributed by atoms with van der Waals surface area (Å²) < 4.78 is 77.6. The second-order valence-electron chi connectivity index (χ2n) is 14.0. The lowest BCUT2D eigenvalue weighted by molar-refractivity contribution is 0.115. The molecule has 1 unspecified atom stereocenters. The van der Waals surface area contributed by atoms with E-state index in [1.54, 1.807) is 54.6 Å². The van der Waals surface area contributed by atoms with E-state index in [0.717, 1.165) is 4.31 Å². The Kier molecular flexibility index (Phi) is 13.0. The maximum absolute atomic E-state index is 14.5. The third-order valence-electron chi connectivity index (χ3n) is 10.1. The standard InChI is InChI=1S/C42H32Cl6N4O8S2/c43-24-5-1-6-26(17-24)61(54,55)51-16-4-7-29-30(19-40(50-41(29)51)59-23-32-35(46)10-3-11-36(32)47)28-13-12-27(18-37(28)48)62(56,57)52-20-25(21-53)60-38-14-15-39(49-42(38)52)58-22-31-33(44)8-2-9-34(31)45/h1-3,5-6,8-15,17-19,25,53H,4,7,16,20-23H2. The molecule has 0 saturated heterocycles. The Hall–Kier alpha value is -4.22. The fourth-order valence-corrected chi connectivity index (χ4v) is 11.6. The third-order valence-corrected chi connectivity index (χ3v) is 15.6. The van der Waals surface area contributed by atoms with Crippen molar-refractivity contribution in [2.24, 2.45) is 0 Å². The van der Waals surface area contributed by atoms with E-state index in [9.17, 15) is 21.9 Å². The summed E-state index contributed by atoms with van der Waals surface area (Å²) in [4.78, 5) is 8.94. The van der Waals surface area contributed by atoms with Gasteiger partial charge in [-0.15, -0.1) is 0 Å². The quantitative estimate of drug-likeness (QED) is 0.126. The molecule has 4 heterocycles. The predicted octanol–water partition coefficient (Wildman–Crippen LogP) is 10.3. The minimum atomic E-state index is -4.44. The van der Waals surface area contributed by atoms with Crippen LogP contribution in [0.4, 0.5) is 11.6 Å². The van der Waals surface area contributed by atoms with Crippen LogP contribution in [0.25, 0.3) is 11.1 Å². The summed E-state index contributed by atoms with van der Waals surface area (Å²) in [5.74, 6) is 0.195. The van der Waals surface area contributed by atoms with Gasteiger partial charge < -0.3 is 19.3 Å². The van der Waals surface area contributed by atoms with Crippen LogP contribution in [0.3, 0.4) is 0 Å². The number of pyridine rings is 2. The van der Waals surface area contributed by atoms with E-state index >= 15 is 0 Å². The number of aromatic nitrogens is 2. The Morgan fingerprint density at radius 3 is 1.87 bits per heavy atom. The first-order valence-electron chi connectivity index (χ1n) is 18.7. The minimum absolute atomic E-state index is 0.0169. The molecular weight excluding hydrogens is 965 g/mol. The highest BCUT2D eigenvalue weighted by Gasteiger charge is 2.37. The number of aliphatic hydroxyl groups excluding tert-OH is 1. The van der Waals surface area contributed by atoms with Gasteiger partial charge in [0.1, 0.15) is 25.1 Å². The van der Waals surface area contributed by atoms with Crippen LogP contribution in [0, 0.1) is 0 Å². The summed E-state index contributed by atoms with van der Waals surface area (Å²) >= 11 is 38.8. The maximum atomic E-state index is 14.5. The van der Waals surface area contributed by atoms with Crippen LogP contribution in [0.2, 0.25) is 30.1 Å². The van der Waals surface area contributed by atoms with Gasteiger partial charge in [0.05, 0.1) is 22.9 Å². The van der Waals surface area contributed by atoms with Crippen LogP contribution in [-0.4, -0.2) is 57.7 Å². The summed E-state index contributed by atoms with van der Waals surface area (Å²) in [6.07, 6.45) is -0.0952. The summed E-state index contributed by atoms with van der Waals surface area (Å²) in [6.45, 7) is -0.844. The lowest BCUT2D eigenvalue weighted by Gasteiger charge is -2.34. The molecule has 62 heavy (non-hydrogen) atoms. The van der Waals surface area contributed by atoms with Crippen molar-refractivity contribution < 1.29 is 36.2 Å². The average Bonchev–Trinajstić information content (AvgIpc) is 3.25. The first-order valence-corrected chi connectivity index (χ1v) is 23.9. The van der Waals surface area contributed by atoms with Crippen LogP contribution >= 0.6 is 69.6 Å². The van der Waals surface area contributed by atoms with Crippen LogP contribution < -0.4 is 22.8 Å². The number of hydrogen-bond acceptors (Lipinski definition) is 10. The van der Waals surface area contributed by atoms with Crippen LogP contribution in [0.15, 0.2) is 107 Å². The molecule has 322 valence electrons. The fraction of sp³-hybridized carbons (Fsp3) is 0.190. The fourth-order valence-electron chi connectivity index (χ4n) is 7.00. The lowest BCUT2D eigenvalue weighted by atomic mass is 9.95. The molecule has 6 aromatic rings. The van der Waals surface area contributed by atoms with Crippen LogP contribution in [0.1, 0.15) is 23.1 Å². The van der Waals surface area contributed by atoms with Gasteiger partial charge in [-0.25, -0.2) is 25.4 Å². The number of sulfonamides is 2. The molecule has 0 fully saturated rings. The molecule has 4 aromatic carbocycles. The molecule has 0 bridgehead atoms. The van der Waals surface area contributed by atoms with E-state index in [4.69, 9.17) is 88.8 Å². The van der Waals surface area contributed by atoms with Gasteiger partial charge in [-0.1, -0.05) is 93.9 Å². The predicted molar refractivity (Wildman–Crippen MR) is 241 cm³/mol. The first-order chi connectivity index (χ1) is 29.6. The molecule has 0 amide bonds. The number of halogens is 6. The van der Waals surface area contributed by atoms with E-state index in [1.165, 1.54) is 46.8 Å². The highest BCUT2D eigenvalue weighted by molar-refractivity contribution is 7.93. The molecule has 0 radical (unpaired) electrons. The zero-order valence-corrected chi connectivity index (χ0v) is 38.1. The summed E-state index contributed by atoms with van der Waals surface area (Å²) in [5, 5.41) is 11.8. The molecule has 1 N–H and O–H groups in total. The number of anilines is 2. The van der Waals surface area contributed by atoms with Gasteiger partial charge in [-0.3, -0.25) is 0 Å². The number of aliphatic hydroxyl groups is 1. The molecule has 2 aliphatic heterocycles. The van der Waals surface area contributed by atoms with E-state index in [0.29, 0.717) is 60.7 Å². The van der Waals surface area contributed by atoms with E-state index in [-0.39, 0.29) is 75.3 Å². The lowest BCUT2D eigenvalue weighted by Crippen LogP contribution is -2.45. The second-order valence-corrected chi connectivity index (χ2v) is 20.2. The number of benzene rings is 4. The Bertz CT molecular complexity index is 2910. The van der Waals surface area contributed by atoms with Crippen LogP contribution in [-0.2, 0) is 39.7 Å². The number of rotatable bonds is 12. The van der Waals surface area contributed by atoms with Gasteiger partial charge in [0.25, 0.3) is 20.0 Å². The van der Waals surface area contributed by atoms with Crippen molar-refractivity contribution >= 4 is 101 Å². The van der Waals surface area contributed by atoms with Crippen molar-refractivity contribution in [1.29, 1.82) is 0 Å². The van der Waals surface area contributed by atoms with Gasteiger partial charge >= 0.3 is 0 Å². The van der Waals surface area contributed by atoms with Crippen molar-refractivity contribution in [1.82, 2.24) is 9.97 Å². The molecule has 12 nitrogen and oxygen atoms in total. The number of ether oxygens (including phenoxy) is 3. The van der Waals surface area contributed by atoms with Crippen molar-refractivity contribution in [3.63, 3.8) is 0 Å². The molecule has 20 heteroatoms. The normalized spacial score (nSPS) is 15.1. The largest absolute Gasteiger partial charge is 0.482 e. The van der Waals surface area contributed by atoms with Crippen molar-refractivity contribution in [2.45, 2.75) is 42.0 Å². The average molecular weight is 998 g/mol. The van der Waals surface area contributed by atoms with Crippen molar-refractivity contribution in [3.05, 3.63) is 144 Å². The van der Waals surface area contributed by atoms with E-state index in [2.05, 4.69) is 4.98 Å². The summed E-state index contributed by atoms with van der Waals surface area (Å²) in [6, 6.07) is 24.7. The van der Waals surface area contributed by atoms with Gasteiger partial charge in [-0.05, 0) is 79.1 Å². The zero-order valence-electron chi connectivity index (χ0n) is 31.9. The van der Waals surface area contributed by atoms with Gasteiger partial charge in [0, 0.05) is 71.1 Å². The maximum Gasteiger partial charge on any atom is 0.265 e. The van der Waals surface area contributed by atoms with Crippen LogP contribution in [0.5, 0.6) is 17.5 Å². The molecule has 2 aromatic heterocycles. The SMILES string of the molecule is O=S(=O)(c1ccc(-c2cc(OCc3c(Cl)cccc3Cl)nc3c2CCCN3S(=O)(=O)c2cccc(Cl)c2)c(Cl)c1)N1CC(CO)Oc2ccc(OCc3c(Cl)cccc3Cl)nc21. The first kappa shape index (κ1) is 44.4. The Morgan fingerprint density at radius 2 is 1.24 bits per heavy atom.